The monoisotopic (exact) mass is 408 g/mol. The number of aliphatic imine (C=N–C) groups is 1. The molecule has 1 aromatic heterocycles. The third-order valence-corrected chi connectivity index (χ3v) is 5.88. The molecule has 3 heterocycles. The van der Waals surface area contributed by atoms with Crippen LogP contribution in [-0.4, -0.2) is 57.3 Å². The molecule has 1 aromatic carbocycles. The Labute approximate surface area is 179 Å². The molecule has 0 amide bonds. The van der Waals surface area contributed by atoms with E-state index in [1.807, 2.05) is 25.4 Å². The lowest BCUT2D eigenvalue weighted by atomic mass is 10.2. The molecule has 2 saturated heterocycles. The fraction of sp³-hybridized carbons (Fsp3) is 0.478. The van der Waals surface area contributed by atoms with Gasteiger partial charge in [0.1, 0.15) is 11.6 Å². The maximum atomic E-state index is 5.52. The maximum absolute atomic E-state index is 5.52. The van der Waals surface area contributed by atoms with Crippen molar-refractivity contribution in [1.82, 2.24) is 15.6 Å². The highest BCUT2D eigenvalue weighted by molar-refractivity contribution is 5.80. The van der Waals surface area contributed by atoms with Crippen LogP contribution in [0, 0.1) is 0 Å². The van der Waals surface area contributed by atoms with Gasteiger partial charge in [0.2, 0.25) is 0 Å². The lowest BCUT2D eigenvalue weighted by Crippen LogP contribution is -2.44. The van der Waals surface area contributed by atoms with E-state index in [9.17, 15) is 0 Å². The molecule has 2 fully saturated rings. The Morgan fingerprint density at radius 2 is 1.97 bits per heavy atom. The largest absolute Gasteiger partial charge is 0.495 e. The molecule has 7 nitrogen and oxygen atoms in total. The van der Waals surface area contributed by atoms with Crippen LogP contribution < -0.4 is 25.2 Å². The second-order valence-corrected chi connectivity index (χ2v) is 7.89. The van der Waals surface area contributed by atoms with Gasteiger partial charge in [-0.15, -0.1) is 0 Å². The minimum absolute atomic E-state index is 0.344. The number of benzene rings is 1. The van der Waals surface area contributed by atoms with E-state index in [4.69, 9.17) is 4.74 Å². The summed E-state index contributed by atoms with van der Waals surface area (Å²) in [5, 5.41) is 6.98. The minimum atomic E-state index is 0.344. The van der Waals surface area contributed by atoms with Crippen LogP contribution in [0.1, 0.15) is 24.8 Å². The molecule has 4 rings (SSSR count). The number of anilines is 2. The number of ether oxygens (including phenoxy) is 1. The van der Waals surface area contributed by atoms with Gasteiger partial charge in [-0.3, -0.25) is 4.99 Å². The highest BCUT2D eigenvalue weighted by Crippen LogP contribution is 2.30. The Hall–Kier alpha value is -2.96. The Bertz CT molecular complexity index is 847. The number of hydrogen-bond donors (Lipinski definition) is 2. The molecule has 2 aromatic rings. The van der Waals surface area contributed by atoms with E-state index >= 15 is 0 Å². The summed E-state index contributed by atoms with van der Waals surface area (Å²) in [6.45, 7) is 4.86. The van der Waals surface area contributed by atoms with E-state index in [2.05, 4.69) is 54.7 Å². The number of aromatic nitrogens is 1. The van der Waals surface area contributed by atoms with E-state index in [0.29, 0.717) is 12.6 Å². The second-order valence-electron chi connectivity index (χ2n) is 7.89. The molecule has 0 aliphatic carbocycles. The quantitative estimate of drug-likeness (QED) is 0.566. The van der Waals surface area contributed by atoms with Crippen LogP contribution in [0.15, 0.2) is 47.6 Å². The van der Waals surface area contributed by atoms with Crippen molar-refractivity contribution in [3.05, 3.63) is 48.2 Å². The molecule has 0 saturated carbocycles. The van der Waals surface area contributed by atoms with Gasteiger partial charge in [0, 0.05) is 52.0 Å². The summed E-state index contributed by atoms with van der Waals surface area (Å²) < 4.78 is 5.52. The van der Waals surface area contributed by atoms with Crippen molar-refractivity contribution in [2.45, 2.75) is 31.8 Å². The van der Waals surface area contributed by atoms with E-state index in [1.54, 1.807) is 7.11 Å². The highest BCUT2D eigenvalue weighted by atomic mass is 16.5. The normalized spacial score (nSPS) is 19.3. The molecule has 7 heteroatoms. The molecule has 160 valence electrons. The lowest BCUT2D eigenvalue weighted by molar-refractivity contribution is 0.415. The number of methoxy groups -OCH3 is 1. The molecule has 0 radical (unpaired) electrons. The lowest BCUT2D eigenvalue weighted by Gasteiger charge is -2.22. The van der Waals surface area contributed by atoms with Crippen molar-refractivity contribution >= 4 is 17.5 Å². The number of nitrogens with zero attached hydrogens (tertiary/aromatic N) is 4. The summed E-state index contributed by atoms with van der Waals surface area (Å²) in [5.74, 6) is 2.83. The fourth-order valence-corrected chi connectivity index (χ4v) is 4.22. The summed E-state index contributed by atoms with van der Waals surface area (Å²) in [6, 6.07) is 12.8. The first-order valence-corrected chi connectivity index (χ1v) is 10.8. The van der Waals surface area contributed by atoms with Gasteiger partial charge in [-0.05, 0) is 43.0 Å². The zero-order chi connectivity index (χ0) is 20.8. The van der Waals surface area contributed by atoms with Gasteiger partial charge in [0.25, 0.3) is 0 Å². The minimum Gasteiger partial charge on any atom is -0.495 e. The Balaban J connectivity index is 1.28. The molecule has 30 heavy (non-hydrogen) atoms. The van der Waals surface area contributed by atoms with Gasteiger partial charge in [0.15, 0.2) is 5.96 Å². The number of nitrogens with one attached hydrogen (secondary N) is 2. The predicted molar refractivity (Wildman–Crippen MR) is 123 cm³/mol. The Kier molecular flexibility index (Phi) is 6.57. The van der Waals surface area contributed by atoms with Crippen molar-refractivity contribution in [3.8, 4) is 5.75 Å². The van der Waals surface area contributed by atoms with Crippen LogP contribution >= 0.6 is 0 Å². The summed E-state index contributed by atoms with van der Waals surface area (Å²) in [6.07, 6.45) is 5.56. The summed E-state index contributed by atoms with van der Waals surface area (Å²) in [4.78, 5) is 13.8. The molecular formula is C23H32N6O. The zero-order valence-electron chi connectivity index (χ0n) is 18.0. The molecular weight excluding hydrogens is 376 g/mol. The van der Waals surface area contributed by atoms with Crippen molar-refractivity contribution in [2.75, 3.05) is 50.1 Å². The first kappa shape index (κ1) is 20.3. The molecule has 1 unspecified atom stereocenters. The molecule has 2 N–H and O–H groups in total. The second kappa shape index (κ2) is 9.69. The average molecular weight is 409 g/mol. The molecule has 0 spiro atoms. The first-order chi connectivity index (χ1) is 14.8. The number of pyridine rings is 1. The van der Waals surface area contributed by atoms with Gasteiger partial charge in [-0.1, -0.05) is 18.2 Å². The van der Waals surface area contributed by atoms with Gasteiger partial charge in [-0.25, -0.2) is 4.98 Å². The van der Waals surface area contributed by atoms with Crippen LogP contribution in [0.4, 0.5) is 11.5 Å². The summed E-state index contributed by atoms with van der Waals surface area (Å²) in [7, 11) is 3.54. The van der Waals surface area contributed by atoms with Gasteiger partial charge < -0.3 is 25.2 Å². The van der Waals surface area contributed by atoms with E-state index < -0.39 is 0 Å². The SMILES string of the molecule is CN=C(NCc1ccc(N2CCCC2)nc1)NC1CCN(c2ccccc2OC)C1. The van der Waals surface area contributed by atoms with Crippen LogP contribution in [0.25, 0.3) is 0 Å². The maximum Gasteiger partial charge on any atom is 0.191 e. The average Bonchev–Trinajstić information content (AvgIpc) is 3.49. The highest BCUT2D eigenvalue weighted by Gasteiger charge is 2.25. The third-order valence-electron chi connectivity index (χ3n) is 5.88. The number of guanidine groups is 1. The van der Waals surface area contributed by atoms with Crippen LogP contribution in [0.3, 0.4) is 0 Å². The number of rotatable bonds is 6. The van der Waals surface area contributed by atoms with Crippen LogP contribution in [0.5, 0.6) is 5.75 Å². The molecule has 1 atom stereocenters. The Morgan fingerprint density at radius 3 is 2.70 bits per heavy atom. The number of hydrogen-bond acceptors (Lipinski definition) is 5. The topological polar surface area (TPSA) is 65.0 Å². The fourth-order valence-electron chi connectivity index (χ4n) is 4.22. The molecule has 2 aliphatic heterocycles. The standard InChI is InChI=1S/C23H32N6O/c1-24-23(26-16-18-9-10-22(25-15-18)28-12-5-6-13-28)27-19-11-14-29(17-19)20-7-3-4-8-21(20)30-2/h3-4,7-10,15,19H,5-6,11-14,16-17H2,1-2H3,(H2,24,26,27). The smallest absolute Gasteiger partial charge is 0.191 e. The van der Waals surface area contributed by atoms with Gasteiger partial charge in [0.05, 0.1) is 12.8 Å². The van der Waals surface area contributed by atoms with Crippen LogP contribution in [-0.2, 0) is 6.54 Å². The van der Waals surface area contributed by atoms with Crippen molar-refractivity contribution < 1.29 is 4.74 Å². The summed E-state index contributed by atoms with van der Waals surface area (Å²) in [5.41, 5.74) is 2.30. The van der Waals surface area contributed by atoms with E-state index in [1.165, 1.54) is 12.8 Å². The Morgan fingerprint density at radius 1 is 1.13 bits per heavy atom. The van der Waals surface area contributed by atoms with E-state index in [-0.39, 0.29) is 0 Å². The van der Waals surface area contributed by atoms with Crippen molar-refractivity contribution in [2.24, 2.45) is 4.99 Å². The first-order valence-electron chi connectivity index (χ1n) is 10.8. The third kappa shape index (κ3) is 4.78. The molecule has 2 aliphatic rings. The van der Waals surface area contributed by atoms with Crippen molar-refractivity contribution in [3.63, 3.8) is 0 Å². The van der Waals surface area contributed by atoms with Crippen molar-refractivity contribution in [1.29, 1.82) is 0 Å². The van der Waals surface area contributed by atoms with E-state index in [0.717, 1.165) is 61.4 Å². The predicted octanol–water partition coefficient (Wildman–Crippen LogP) is 2.63. The zero-order valence-corrected chi connectivity index (χ0v) is 18.0. The van der Waals surface area contributed by atoms with Crippen LogP contribution in [0.2, 0.25) is 0 Å². The molecule has 0 bridgehead atoms. The van der Waals surface area contributed by atoms with Gasteiger partial charge in [-0.2, -0.15) is 0 Å². The number of para-hydroxylation sites is 2. The summed E-state index contributed by atoms with van der Waals surface area (Å²) >= 11 is 0. The van der Waals surface area contributed by atoms with Gasteiger partial charge >= 0.3 is 0 Å².